The van der Waals surface area contributed by atoms with Gasteiger partial charge in [0.1, 0.15) is 0 Å². The maximum atomic E-state index is 12.5. The summed E-state index contributed by atoms with van der Waals surface area (Å²) < 4.78 is 12.5. The van der Waals surface area contributed by atoms with Gasteiger partial charge in [-0.2, -0.15) is 0 Å². The smallest absolute Gasteiger partial charge is 0.0761 e. The fourth-order valence-corrected chi connectivity index (χ4v) is 4.21. The van der Waals surface area contributed by atoms with Crippen molar-refractivity contribution in [1.82, 2.24) is 0 Å². The molecule has 2 aromatic carbocycles. The Balaban J connectivity index is 2.21. The quantitative estimate of drug-likeness (QED) is 0.894. The molecule has 5 heteroatoms. The van der Waals surface area contributed by atoms with Crippen LogP contribution in [0.15, 0.2) is 41.3 Å². The molecule has 2 nitrogen and oxygen atoms in total. The van der Waals surface area contributed by atoms with Crippen molar-refractivity contribution in [1.29, 1.82) is 0 Å². The lowest BCUT2D eigenvalue weighted by atomic mass is 10.0. The molecule has 2 atom stereocenters. The number of rotatable bonds is 4. The van der Waals surface area contributed by atoms with E-state index in [0.717, 1.165) is 5.56 Å². The maximum absolute atomic E-state index is 12.5. The third kappa shape index (κ3) is 3.86. The average Bonchev–Trinajstić information content (AvgIpc) is 2.41. The van der Waals surface area contributed by atoms with Gasteiger partial charge in [-0.05, 0) is 42.7 Å². The summed E-state index contributed by atoms with van der Waals surface area (Å²) in [4.78, 5) is 0.458. The van der Waals surface area contributed by atoms with Crippen molar-refractivity contribution < 1.29 is 4.21 Å². The van der Waals surface area contributed by atoms with E-state index in [1.807, 2.05) is 32.0 Å². The summed E-state index contributed by atoms with van der Waals surface area (Å²) in [6.45, 7) is 4.08. The van der Waals surface area contributed by atoms with Crippen molar-refractivity contribution in [3.8, 4) is 0 Å². The molecule has 2 rings (SSSR count). The standard InChI is InChI=1S/C16H17Cl2NOS/c1-10-6-7-12(8-11(10)2)15(19)9-21(20)16-13(17)4-3-5-14(16)18/h3-8,15H,9,19H2,1-2H3. The lowest BCUT2D eigenvalue weighted by Gasteiger charge is -2.14. The van der Waals surface area contributed by atoms with E-state index in [1.54, 1.807) is 18.2 Å². The van der Waals surface area contributed by atoms with Gasteiger partial charge in [-0.3, -0.25) is 4.21 Å². The minimum absolute atomic E-state index is 0.284. The highest BCUT2D eigenvalue weighted by Gasteiger charge is 2.17. The van der Waals surface area contributed by atoms with Crippen LogP contribution >= 0.6 is 23.2 Å². The summed E-state index contributed by atoms with van der Waals surface area (Å²) in [7, 11) is -1.34. The SMILES string of the molecule is Cc1ccc(C(N)CS(=O)c2c(Cl)cccc2Cl)cc1C. The van der Waals surface area contributed by atoms with E-state index in [0.29, 0.717) is 14.9 Å². The Morgan fingerprint density at radius 3 is 2.29 bits per heavy atom. The third-order valence-electron chi connectivity index (χ3n) is 3.44. The molecule has 112 valence electrons. The highest BCUT2D eigenvalue weighted by atomic mass is 35.5. The molecule has 0 aromatic heterocycles. The number of hydrogen-bond acceptors (Lipinski definition) is 2. The molecule has 0 saturated carbocycles. The average molecular weight is 342 g/mol. The Morgan fingerprint density at radius 1 is 1.10 bits per heavy atom. The first-order chi connectivity index (χ1) is 9.90. The number of halogens is 2. The Labute approximate surface area is 137 Å². The molecule has 0 amide bonds. The van der Waals surface area contributed by atoms with Crippen LogP contribution in [0, 0.1) is 13.8 Å². The summed E-state index contributed by atoms with van der Waals surface area (Å²) >= 11 is 12.2. The van der Waals surface area contributed by atoms with Crippen LogP contribution in [0.25, 0.3) is 0 Å². The zero-order valence-electron chi connectivity index (χ0n) is 11.9. The summed E-state index contributed by atoms with van der Waals surface area (Å²) in [6, 6.07) is 10.8. The summed E-state index contributed by atoms with van der Waals surface area (Å²) in [6.07, 6.45) is 0. The molecular weight excluding hydrogens is 325 g/mol. The Hall–Kier alpha value is -0.870. The van der Waals surface area contributed by atoms with Gasteiger partial charge in [0.2, 0.25) is 0 Å². The van der Waals surface area contributed by atoms with Gasteiger partial charge < -0.3 is 5.73 Å². The predicted octanol–water partition coefficient (Wildman–Crippen LogP) is 4.42. The summed E-state index contributed by atoms with van der Waals surface area (Å²) in [5.74, 6) is 0.284. The van der Waals surface area contributed by atoms with Crippen LogP contribution < -0.4 is 5.73 Å². The normalized spacial score (nSPS) is 14.0. The minimum atomic E-state index is -1.34. The molecule has 0 aliphatic rings. The van der Waals surface area contributed by atoms with Crippen molar-refractivity contribution >= 4 is 34.0 Å². The van der Waals surface area contributed by atoms with Gasteiger partial charge in [0.25, 0.3) is 0 Å². The molecule has 2 N–H and O–H groups in total. The van der Waals surface area contributed by atoms with Gasteiger partial charge in [-0.15, -0.1) is 0 Å². The molecule has 2 unspecified atom stereocenters. The van der Waals surface area contributed by atoms with Crippen LogP contribution in [0.3, 0.4) is 0 Å². The van der Waals surface area contributed by atoms with E-state index in [1.165, 1.54) is 11.1 Å². The van der Waals surface area contributed by atoms with E-state index in [9.17, 15) is 4.21 Å². The van der Waals surface area contributed by atoms with Gasteiger partial charge in [-0.25, -0.2) is 0 Å². The predicted molar refractivity (Wildman–Crippen MR) is 90.6 cm³/mol. The second-order valence-electron chi connectivity index (χ2n) is 5.01. The first-order valence-corrected chi connectivity index (χ1v) is 8.62. The number of benzene rings is 2. The second kappa shape index (κ2) is 6.93. The number of aryl methyl sites for hydroxylation is 2. The van der Waals surface area contributed by atoms with E-state index in [4.69, 9.17) is 28.9 Å². The molecule has 0 heterocycles. The highest BCUT2D eigenvalue weighted by Crippen LogP contribution is 2.29. The molecule has 0 aliphatic carbocycles. The van der Waals surface area contributed by atoms with Crippen molar-refractivity contribution in [3.05, 3.63) is 63.1 Å². The molecular formula is C16H17Cl2NOS. The Morgan fingerprint density at radius 2 is 1.71 bits per heavy atom. The van der Waals surface area contributed by atoms with Gasteiger partial charge in [0, 0.05) is 11.8 Å². The lowest BCUT2D eigenvalue weighted by molar-refractivity contribution is 0.675. The monoisotopic (exact) mass is 341 g/mol. The molecule has 0 bridgehead atoms. The maximum Gasteiger partial charge on any atom is 0.0761 e. The van der Waals surface area contributed by atoms with Crippen molar-refractivity contribution in [2.45, 2.75) is 24.8 Å². The van der Waals surface area contributed by atoms with Crippen molar-refractivity contribution in [2.75, 3.05) is 5.75 Å². The number of nitrogens with two attached hydrogens (primary N) is 1. The van der Waals surface area contributed by atoms with Gasteiger partial charge >= 0.3 is 0 Å². The zero-order chi connectivity index (χ0) is 15.6. The van der Waals surface area contributed by atoms with Crippen molar-refractivity contribution in [2.24, 2.45) is 5.73 Å². The highest BCUT2D eigenvalue weighted by molar-refractivity contribution is 7.85. The van der Waals surface area contributed by atoms with Crippen LogP contribution in [0.5, 0.6) is 0 Å². The first kappa shape index (κ1) is 16.5. The second-order valence-corrected chi connectivity index (χ2v) is 7.26. The molecule has 0 spiro atoms. The van der Waals surface area contributed by atoms with Gasteiger partial charge in [-0.1, -0.05) is 47.5 Å². The molecule has 0 radical (unpaired) electrons. The first-order valence-electron chi connectivity index (χ1n) is 6.55. The Kier molecular flexibility index (Phi) is 5.44. The largest absolute Gasteiger partial charge is 0.323 e. The molecule has 2 aromatic rings. The minimum Gasteiger partial charge on any atom is -0.323 e. The van der Waals surface area contributed by atoms with E-state index < -0.39 is 10.8 Å². The van der Waals surface area contributed by atoms with E-state index in [2.05, 4.69) is 0 Å². The zero-order valence-corrected chi connectivity index (χ0v) is 14.2. The molecule has 21 heavy (non-hydrogen) atoms. The number of hydrogen-bond donors (Lipinski definition) is 1. The third-order valence-corrected chi connectivity index (χ3v) is 5.85. The fraction of sp³-hybridized carbons (Fsp3) is 0.250. The van der Waals surface area contributed by atoms with Crippen LogP contribution in [-0.4, -0.2) is 9.96 Å². The van der Waals surface area contributed by atoms with Gasteiger partial charge in [0.15, 0.2) is 0 Å². The van der Waals surface area contributed by atoms with Crippen LogP contribution in [0.2, 0.25) is 10.0 Å². The van der Waals surface area contributed by atoms with E-state index in [-0.39, 0.29) is 11.8 Å². The van der Waals surface area contributed by atoms with Gasteiger partial charge in [0.05, 0.1) is 25.7 Å². The topological polar surface area (TPSA) is 43.1 Å². The molecule has 0 saturated heterocycles. The molecule has 0 aliphatic heterocycles. The Bertz CT molecular complexity index is 668. The summed E-state index contributed by atoms with van der Waals surface area (Å²) in [5.41, 5.74) is 9.52. The van der Waals surface area contributed by atoms with Crippen LogP contribution in [-0.2, 0) is 10.8 Å². The lowest BCUT2D eigenvalue weighted by Crippen LogP contribution is -2.19. The van der Waals surface area contributed by atoms with E-state index >= 15 is 0 Å². The molecule has 0 fully saturated rings. The fourth-order valence-electron chi connectivity index (χ4n) is 2.04. The van der Waals surface area contributed by atoms with Crippen LogP contribution in [0.1, 0.15) is 22.7 Å². The van der Waals surface area contributed by atoms with Crippen LogP contribution in [0.4, 0.5) is 0 Å². The van der Waals surface area contributed by atoms with Crippen molar-refractivity contribution in [3.63, 3.8) is 0 Å². The summed E-state index contributed by atoms with van der Waals surface area (Å²) in [5, 5.41) is 0.821.